The van der Waals surface area contributed by atoms with Crippen molar-refractivity contribution in [3.63, 3.8) is 0 Å². The highest BCUT2D eigenvalue weighted by Crippen LogP contribution is 2.20. The van der Waals surface area contributed by atoms with Crippen molar-refractivity contribution in [2.75, 3.05) is 17.6 Å². The van der Waals surface area contributed by atoms with Gasteiger partial charge in [-0.15, -0.1) is 0 Å². The lowest BCUT2D eigenvalue weighted by atomic mass is 10.1. The Balaban J connectivity index is 1.94. The van der Waals surface area contributed by atoms with Crippen molar-refractivity contribution in [2.45, 2.75) is 20.3 Å². The van der Waals surface area contributed by atoms with Crippen molar-refractivity contribution in [1.29, 1.82) is 0 Å². The summed E-state index contributed by atoms with van der Waals surface area (Å²) < 4.78 is 26.0. The Morgan fingerprint density at radius 1 is 1.14 bits per heavy atom. The summed E-state index contributed by atoms with van der Waals surface area (Å²) in [6.45, 7) is 3.88. The van der Waals surface area contributed by atoms with E-state index in [4.69, 9.17) is 0 Å². The Kier molecular flexibility index (Phi) is 5.74. The third-order valence-corrected chi connectivity index (χ3v) is 6.00. The molecule has 0 saturated heterocycles. The number of nitrogens with zero attached hydrogens (tertiary/aromatic N) is 3. The van der Waals surface area contributed by atoms with Gasteiger partial charge in [-0.05, 0) is 49.2 Å². The average Bonchev–Trinajstić information content (AvgIpc) is 2.99. The summed E-state index contributed by atoms with van der Waals surface area (Å²) >= 11 is 0. The third-order valence-electron chi connectivity index (χ3n) is 4.79. The van der Waals surface area contributed by atoms with Crippen LogP contribution >= 0.6 is 0 Å². The van der Waals surface area contributed by atoms with Gasteiger partial charge in [-0.1, -0.05) is 25.1 Å². The Bertz CT molecular complexity index is 1210. The number of H-pyrrole nitrogens is 1. The molecule has 8 heteroatoms. The molecule has 0 unspecified atom stereocenters. The van der Waals surface area contributed by atoms with Crippen LogP contribution in [0, 0.1) is 6.92 Å². The van der Waals surface area contributed by atoms with Crippen molar-refractivity contribution in [3.8, 4) is 5.69 Å². The Morgan fingerprint density at radius 2 is 1.79 bits per heavy atom. The smallest absolute Gasteiger partial charge is 0.280 e. The van der Waals surface area contributed by atoms with Crippen LogP contribution in [0.3, 0.4) is 0 Å². The van der Waals surface area contributed by atoms with E-state index in [1.807, 2.05) is 31.2 Å². The predicted octanol–water partition coefficient (Wildman–Crippen LogP) is 3.18. The molecule has 0 fully saturated rings. The van der Waals surface area contributed by atoms with E-state index in [-0.39, 0.29) is 5.56 Å². The molecule has 1 aromatic heterocycles. The van der Waals surface area contributed by atoms with Gasteiger partial charge in [0.15, 0.2) is 0 Å². The fourth-order valence-corrected chi connectivity index (χ4v) is 3.47. The zero-order chi connectivity index (χ0) is 21.2. The van der Waals surface area contributed by atoms with Crippen LogP contribution in [0.15, 0.2) is 58.3 Å². The number of aliphatic imine (C=N–C) groups is 1. The maximum atomic E-state index is 12.9. The summed E-state index contributed by atoms with van der Waals surface area (Å²) in [6.07, 6.45) is 3.59. The van der Waals surface area contributed by atoms with E-state index >= 15 is 0 Å². The van der Waals surface area contributed by atoms with Crippen molar-refractivity contribution >= 4 is 27.6 Å². The lowest BCUT2D eigenvalue weighted by Gasteiger charge is -2.16. The lowest BCUT2D eigenvalue weighted by molar-refractivity contribution is 0.600. The van der Waals surface area contributed by atoms with Crippen molar-refractivity contribution < 1.29 is 8.42 Å². The van der Waals surface area contributed by atoms with Gasteiger partial charge in [0.05, 0.1) is 28.9 Å². The molecule has 29 heavy (non-hydrogen) atoms. The normalized spacial score (nSPS) is 11.9. The van der Waals surface area contributed by atoms with E-state index in [0.29, 0.717) is 22.6 Å². The molecule has 3 rings (SSSR count). The number of hydrogen-bond acceptors (Lipinski definition) is 4. The van der Waals surface area contributed by atoms with Crippen molar-refractivity contribution in [3.05, 3.63) is 75.7 Å². The summed E-state index contributed by atoms with van der Waals surface area (Å²) in [5.41, 5.74) is 4.04. The molecule has 0 aliphatic heterocycles. The summed E-state index contributed by atoms with van der Waals surface area (Å²) in [4.78, 5) is 17.4. The van der Waals surface area contributed by atoms with Crippen LogP contribution in [0.5, 0.6) is 0 Å². The second-order valence-electron chi connectivity index (χ2n) is 6.78. The highest BCUT2D eigenvalue weighted by molar-refractivity contribution is 7.92. The second-order valence-corrected chi connectivity index (χ2v) is 8.79. The molecule has 1 N–H and O–H groups in total. The van der Waals surface area contributed by atoms with Gasteiger partial charge in [0, 0.05) is 19.0 Å². The van der Waals surface area contributed by atoms with E-state index in [2.05, 4.69) is 17.0 Å². The number of anilines is 1. The molecule has 0 aliphatic carbocycles. The van der Waals surface area contributed by atoms with Crippen LogP contribution in [0.2, 0.25) is 0 Å². The molecule has 7 nitrogen and oxygen atoms in total. The number of rotatable bonds is 6. The monoisotopic (exact) mass is 412 g/mol. The minimum Gasteiger partial charge on any atom is -0.295 e. The van der Waals surface area contributed by atoms with Crippen LogP contribution in [-0.2, 0) is 16.4 Å². The third kappa shape index (κ3) is 4.32. The number of hydrogen-bond donors (Lipinski definition) is 1. The summed E-state index contributed by atoms with van der Waals surface area (Å²) in [6, 6.07) is 14.5. The molecule has 2 aromatic carbocycles. The Hall–Kier alpha value is -3.13. The first-order valence-electron chi connectivity index (χ1n) is 9.20. The van der Waals surface area contributed by atoms with E-state index < -0.39 is 10.0 Å². The van der Waals surface area contributed by atoms with Crippen LogP contribution in [-0.4, -0.2) is 37.7 Å². The lowest BCUT2D eigenvalue weighted by Crippen LogP contribution is -2.24. The van der Waals surface area contributed by atoms with Gasteiger partial charge in [-0.3, -0.25) is 19.2 Å². The van der Waals surface area contributed by atoms with Gasteiger partial charge in [-0.25, -0.2) is 13.1 Å². The van der Waals surface area contributed by atoms with Crippen molar-refractivity contribution in [1.82, 2.24) is 9.78 Å². The first-order chi connectivity index (χ1) is 13.7. The van der Waals surface area contributed by atoms with Gasteiger partial charge in [0.25, 0.3) is 5.56 Å². The quantitative estimate of drug-likeness (QED) is 0.631. The molecule has 0 spiro atoms. The second kappa shape index (κ2) is 8.08. The fraction of sp³-hybridized carbons (Fsp3) is 0.238. The van der Waals surface area contributed by atoms with Gasteiger partial charge in [0.2, 0.25) is 10.0 Å². The molecule has 0 atom stereocenters. The van der Waals surface area contributed by atoms with Gasteiger partial charge < -0.3 is 0 Å². The van der Waals surface area contributed by atoms with Crippen molar-refractivity contribution in [2.24, 2.45) is 4.99 Å². The van der Waals surface area contributed by atoms with E-state index in [0.717, 1.165) is 23.9 Å². The SMILES string of the molecule is CCc1ccccc1N=Cc1c(C)[nH]n(-c2ccc(N(C)S(C)(=O)=O)cc2)c1=O. The van der Waals surface area contributed by atoms with Gasteiger partial charge in [-0.2, -0.15) is 0 Å². The Morgan fingerprint density at radius 3 is 2.41 bits per heavy atom. The van der Waals surface area contributed by atoms with Crippen LogP contribution < -0.4 is 9.86 Å². The number of sulfonamides is 1. The number of benzene rings is 2. The number of aromatic nitrogens is 2. The van der Waals surface area contributed by atoms with E-state index in [1.54, 1.807) is 30.5 Å². The average molecular weight is 413 g/mol. The molecule has 0 radical (unpaired) electrons. The molecular weight excluding hydrogens is 388 g/mol. The summed E-state index contributed by atoms with van der Waals surface area (Å²) in [7, 11) is -1.86. The van der Waals surface area contributed by atoms with E-state index in [1.165, 1.54) is 16.0 Å². The minimum atomic E-state index is -3.34. The number of nitrogens with one attached hydrogen (secondary N) is 1. The molecule has 0 bridgehead atoms. The summed E-state index contributed by atoms with van der Waals surface area (Å²) in [5, 5.41) is 3.05. The highest BCUT2D eigenvalue weighted by Gasteiger charge is 2.14. The maximum absolute atomic E-state index is 12.9. The van der Waals surface area contributed by atoms with Crippen LogP contribution in [0.1, 0.15) is 23.7 Å². The molecular formula is C21H24N4O3S. The van der Waals surface area contributed by atoms with Crippen LogP contribution in [0.25, 0.3) is 5.69 Å². The molecule has 0 amide bonds. The zero-order valence-corrected chi connectivity index (χ0v) is 17.7. The fourth-order valence-electron chi connectivity index (χ4n) is 2.97. The molecule has 0 aliphatic rings. The highest BCUT2D eigenvalue weighted by atomic mass is 32.2. The zero-order valence-electron chi connectivity index (χ0n) is 16.9. The van der Waals surface area contributed by atoms with Gasteiger partial charge >= 0.3 is 0 Å². The topological polar surface area (TPSA) is 87.5 Å². The molecule has 3 aromatic rings. The first-order valence-corrected chi connectivity index (χ1v) is 11.0. The summed E-state index contributed by atoms with van der Waals surface area (Å²) in [5.74, 6) is 0. The minimum absolute atomic E-state index is 0.218. The largest absolute Gasteiger partial charge is 0.295 e. The van der Waals surface area contributed by atoms with E-state index in [9.17, 15) is 13.2 Å². The first kappa shape index (κ1) is 20.6. The van der Waals surface area contributed by atoms with Gasteiger partial charge in [0.1, 0.15) is 0 Å². The predicted molar refractivity (Wildman–Crippen MR) is 117 cm³/mol. The Labute approximate surface area is 170 Å². The number of aryl methyl sites for hydroxylation is 2. The molecule has 152 valence electrons. The molecule has 0 saturated carbocycles. The number of para-hydroxylation sites is 1. The standard InChI is InChI=1S/C21H24N4O3S/c1-5-16-8-6-7-9-20(16)22-14-19-15(2)23-25(21(19)26)18-12-10-17(11-13-18)24(3)29(4,27)28/h6-14,23H,5H2,1-4H3. The van der Waals surface area contributed by atoms with Crippen LogP contribution in [0.4, 0.5) is 11.4 Å². The maximum Gasteiger partial charge on any atom is 0.280 e. The molecule has 1 heterocycles. The number of aromatic amines is 1.